The maximum absolute atomic E-state index is 12.4. The third-order valence-corrected chi connectivity index (χ3v) is 4.32. The number of hydrogen-bond acceptors (Lipinski definition) is 4. The number of carbonyl (C=O) groups is 1. The van der Waals surface area contributed by atoms with E-state index in [1.807, 2.05) is 24.4 Å². The minimum Gasteiger partial charge on any atom is -0.504 e. The molecule has 1 amide bonds. The summed E-state index contributed by atoms with van der Waals surface area (Å²) in [6, 6.07) is 8.63. The molecule has 20 heavy (non-hydrogen) atoms. The van der Waals surface area contributed by atoms with Crippen molar-refractivity contribution in [2.75, 3.05) is 14.2 Å². The van der Waals surface area contributed by atoms with Crippen molar-refractivity contribution in [1.82, 2.24) is 4.90 Å². The summed E-state index contributed by atoms with van der Waals surface area (Å²) in [5.74, 6) is 0.190. The number of hydrogen-bond donors (Lipinski definition) is 1. The van der Waals surface area contributed by atoms with Crippen molar-refractivity contribution in [3.63, 3.8) is 0 Å². The molecule has 0 aliphatic rings. The summed E-state index contributed by atoms with van der Waals surface area (Å²) in [6.45, 7) is 1.98. The third kappa shape index (κ3) is 2.77. The summed E-state index contributed by atoms with van der Waals surface area (Å²) in [6.07, 6.45) is 0. The molecule has 0 aliphatic carbocycles. The van der Waals surface area contributed by atoms with Crippen LogP contribution in [-0.2, 0) is 0 Å². The van der Waals surface area contributed by atoms with E-state index in [9.17, 15) is 9.90 Å². The monoisotopic (exact) mass is 291 g/mol. The quantitative estimate of drug-likeness (QED) is 0.940. The van der Waals surface area contributed by atoms with Gasteiger partial charge in [0.05, 0.1) is 13.2 Å². The predicted octanol–water partition coefficient (Wildman–Crippen LogP) is 3.30. The summed E-state index contributed by atoms with van der Waals surface area (Å²) in [5, 5.41) is 11.7. The lowest BCUT2D eigenvalue weighted by Gasteiger charge is -2.24. The molecule has 4 nitrogen and oxygen atoms in total. The van der Waals surface area contributed by atoms with Gasteiger partial charge in [-0.05, 0) is 36.6 Å². The summed E-state index contributed by atoms with van der Waals surface area (Å²) in [7, 11) is 3.23. The van der Waals surface area contributed by atoms with E-state index in [2.05, 4.69) is 0 Å². The van der Waals surface area contributed by atoms with E-state index in [0.717, 1.165) is 4.88 Å². The Morgan fingerprint density at radius 2 is 2.15 bits per heavy atom. The van der Waals surface area contributed by atoms with E-state index in [4.69, 9.17) is 4.74 Å². The van der Waals surface area contributed by atoms with Gasteiger partial charge in [-0.25, -0.2) is 0 Å². The largest absolute Gasteiger partial charge is 0.504 e. The molecule has 1 aromatic heterocycles. The first-order chi connectivity index (χ1) is 9.54. The maximum Gasteiger partial charge on any atom is 0.254 e. The molecule has 1 unspecified atom stereocenters. The lowest BCUT2D eigenvalue weighted by atomic mass is 10.1. The number of phenols is 1. The number of phenolic OH excluding ortho intramolecular Hbond substituents is 1. The third-order valence-electron chi connectivity index (χ3n) is 3.28. The Morgan fingerprint density at radius 3 is 2.70 bits per heavy atom. The number of ether oxygens (including phenoxy) is 1. The Hall–Kier alpha value is -2.01. The molecule has 1 atom stereocenters. The molecule has 0 saturated carbocycles. The first kappa shape index (κ1) is 14.4. The number of rotatable bonds is 4. The lowest BCUT2D eigenvalue weighted by Crippen LogP contribution is -2.29. The highest BCUT2D eigenvalue weighted by molar-refractivity contribution is 7.10. The summed E-state index contributed by atoms with van der Waals surface area (Å²) in [4.78, 5) is 15.2. The van der Waals surface area contributed by atoms with Gasteiger partial charge in [0.2, 0.25) is 0 Å². The molecule has 1 aromatic carbocycles. The van der Waals surface area contributed by atoms with Crippen LogP contribution >= 0.6 is 11.3 Å². The van der Waals surface area contributed by atoms with Gasteiger partial charge in [0.15, 0.2) is 11.5 Å². The second-order valence-corrected chi connectivity index (χ2v) is 5.47. The van der Waals surface area contributed by atoms with Crippen molar-refractivity contribution in [2.24, 2.45) is 0 Å². The molecule has 0 bridgehead atoms. The average molecular weight is 291 g/mol. The van der Waals surface area contributed by atoms with Crippen molar-refractivity contribution in [2.45, 2.75) is 13.0 Å². The molecule has 0 radical (unpaired) electrons. The van der Waals surface area contributed by atoms with Gasteiger partial charge in [0.25, 0.3) is 5.91 Å². The molecule has 1 heterocycles. The van der Waals surface area contributed by atoms with Crippen LogP contribution in [0, 0.1) is 0 Å². The molecule has 0 aliphatic heterocycles. The standard InChI is InChI=1S/C15H17NO3S/c1-10(14-5-4-8-20-14)16(2)15(18)11-6-7-13(19-3)12(17)9-11/h4-10,17H,1-3H3. The highest BCUT2D eigenvalue weighted by Gasteiger charge is 2.20. The Morgan fingerprint density at radius 1 is 1.40 bits per heavy atom. The van der Waals surface area contributed by atoms with Crippen molar-refractivity contribution in [1.29, 1.82) is 0 Å². The number of thiophene rings is 1. The highest BCUT2D eigenvalue weighted by Crippen LogP contribution is 2.29. The van der Waals surface area contributed by atoms with Crippen LogP contribution in [-0.4, -0.2) is 30.1 Å². The molecule has 0 fully saturated rings. The summed E-state index contributed by atoms with van der Waals surface area (Å²) in [5.41, 5.74) is 0.439. The number of nitrogens with zero attached hydrogens (tertiary/aromatic N) is 1. The Bertz CT molecular complexity index is 595. The molecule has 1 N–H and O–H groups in total. The molecular weight excluding hydrogens is 274 g/mol. The number of benzene rings is 1. The molecular formula is C15H17NO3S. The predicted molar refractivity (Wildman–Crippen MR) is 79.5 cm³/mol. The van der Waals surface area contributed by atoms with Crippen molar-refractivity contribution < 1.29 is 14.6 Å². The van der Waals surface area contributed by atoms with E-state index in [1.165, 1.54) is 13.2 Å². The lowest BCUT2D eigenvalue weighted by molar-refractivity contribution is 0.0744. The van der Waals surface area contributed by atoms with Gasteiger partial charge in [-0.3, -0.25) is 4.79 Å². The molecule has 0 spiro atoms. The van der Waals surface area contributed by atoms with Crippen LogP contribution in [0.15, 0.2) is 35.7 Å². The van der Waals surface area contributed by atoms with Gasteiger partial charge >= 0.3 is 0 Å². The van der Waals surface area contributed by atoms with Gasteiger partial charge < -0.3 is 14.7 Å². The minimum absolute atomic E-state index is 0.00764. The maximum atomic E-state index is 12.4. The fourth-order valence-corrected chi connectivity index (χ4v) is 2.75. The van der Waals surface area contributed by atoms with Gasteiger partial charge in [0, 0.05) is 17.5 Å². The zero-order valence-corrected chi connectivity index (χ0v) is 12.5. The number of carbonyl (C=O) groups excluding carboxylic acids is 1. The zero-order chi connectivity index (χ0) is 14.7. The van der Waals surface area contributed by atoms with Gasteiger partial charge in [-0.15, -0.1) is 11.3 Å². The van der Waals surface area contributed by atoms with Crippen molar-refractivity contribution in [3.05, 3.63) is 46.2 Å². The number of aromatic hydroxyl groups is 1. The van der Waals surface area contributed by atoms with Gasteiger partial charge in [0.1, 0.15) is 0 Å². The van der Waals surface area contributed by atoms with E-state index < -0.39 is 0 Å². The first-order valence-corrected chi connectivity index (χ1v) is 7.10. The molecule has 2 rings (SSSR count). The van der Waals surface area contributed by atoms with E-state index in [0.29, 0.717) is 11.3 Å². The Kier molecular flexibility index (Phi) is 4.29. The molecule has 5 heteroatoms. The van der Waals surface area contributed by atoms with Crippen LogP contribution in [0.25, 0.3) is 0 Å². The molecule has 0 saturated heterocycles. The van der Waals surface area contributed by atoms with E-state index in [1.54, 1.807) is 35.4 Å². The second-order valence-electron chi connectivity index (χ2n) is 4.49. The van der Waals surface area contributed by atoms with Crippen LogP contribution in [0.5, 0.6) is 11.5 Å². The molecule has 106 valence electrons. The van der Waals surface area contributed by atoms with Crippen LogP contribution in [0.1, 0.15) is 28.2 Å². The minimum atomic E-state index is -0.135. The average Bonchev–Trinajstić information content (AvgIpc) is 2.99. The van der Waals surface area contributed by atoms with Crippen molar-refractivity contribution >= 4 is 17.2 Å². The summed E-state index contributed by atoms with van der Waals surface area (Å²) >= 11 is 1.62. The Balaban J connectivity index is 2.20. The van der Waals surface area contributed by atoms with Crippen LogP contribution in [0.4, 0.5) is 0 Å². The van der Waals surface area contributed by atoms with Gasteiger partial charge in [-0.1, -0.05) is 6.07 Å². The first-order valence-electron chi connectivity index (χ1n) is 6.22. The molecule has 2 aromatic rings. The Labute approximate surface area is 122 Å². The zero-order valence-electron chi connectivity index (χ0n) is 11.7. The van der Waals surface area contributed by atoms with E-state index >= 15 is 0 Å². The van der Waals surface area contributed by atoms with E-state index in [-0.39, 0.29) is 17.7 Å². The van der Waals surface area contributed by atoms with Crippen LogP contribution < -0.4 is 4.74 Å². The van der Waals surface area contributed by atoms with Crippen LogP contribution in [0.2, 0.25) is 0 Å². The highest BCUT2D eigenvalue weighted by atomic mass is 32.1. The SMILES string of the molecule is COc1ccc(C(=O)N(C)C(C)c2cccs2)cc1O. The smallest absolute Gasteiger partial charge is 0.254 e. The fourth-order valence-electron chi connectivity index (χ4n) is 1.92. The van der Waals surface area contributed by atoms with Crippen LogP contribution in [0.3, 0.4) is 0 Å². The summed E-state index contributed by atoms with van der Waals surface area (Å²) < 4.78 is 4.97. The van der Waals surface area contributed by atoms with Crippen molar-refractivity contribution in [3.8, 4) is 11.5 Å². The fraction of sp³-hybridized carbons (Fsp3) is 0.267. The number of amides is 1. The topological polar surface area (TPSA) is 49.8 Å². The number of methoxy groups -OCH3 is 1. The second kappa shape index (κ2) is 5.96. The van der Waals surface area contributed by atoms with Gasteiger partial charge in [-0.2, -0.15) is 0 Å². The normalized spacial score (nSPS) is 11.9.